The lowest BCUT2D eigenvalue weighted by atomic mass is 10.1. The fourth-order valence-electron chi connectivity index (χ4n) is 2.12. The molecule has 0 radical (unpaired) electrons. The van der Waals surface area contributed by atoms with Gasteiger partial charge < -0.3 is 10.2 Å². The summed E-state index contributed by atoms with van der Waals surface area (Å²) >= 11 is 9.41. The first kappa shape index (κ1) is 13.8. The van der Waals surface area contributed by atoms with Crippen LogP contribution >= 0.6 is 27.5 Å². The third-order valence-electron chi connectivity index (χ3n) is 3.14. The first-order valence-corrected chi connectivity index (χ1v) is 7.25. The van der Waals surface area contributed by atoms with Gasteiger partial charge in [0.1, 0.15) is 5.82 Å². The van der Waals surface area contributed by atoms with Crippen molar-refractivity contribution in [2.45, 2.75) is 13.0 Å². The van der Waals surface area contributed by atoms with Crippen LogP contribution in [0.5, 0.6) is 0 Å². The van der Waals surface area contributed by atoms with Crippen molar-refractivity contribution in [3.05, 3.63) is 39.0 Å². The number of nitrogens with one attached hydrogen (secondary N) is 1. The summed E-state index contributed by atoms with van der Waals surface area (Å²) in [5.41, 5.74) is 5.40. The third kappa shape index (κ3) is 2.52. The Hall–Kier alpha value is -1.21. The van der Waals surface area contributed by atoms with Crippen molar-refractivity contribution >= 4 is 33.3 Å². The van der Waals surface area contributed by atoms with E-state index >= 15 is 0 Å². The van der Waals surface area contributed by atoms with Gasteiger partial charge in [0.2, 0.25) is 0 Å². The fourth-order valence-corrected chi connectivity index (χ4v) is 2.61. The van der Waals surface area contributed by atoms with Crippen molar-refractivity contribution in [2.75, 3.05) is 12.0 Å². The Bertz CT molecular complexity index is 648. The molecule has 3 N–H and O–H groups in total. The first-order chi connectivity index (χ1) is 9.69. The van der Waals surface area contributed by atoms with Crippen molar-refractivity contribution in [2.24, 2.45) is 5.84 Å². The minimum atomic E-state index is 0.486. The van der Waals surface area contributed by atoms with Gasteiger partial charge in [-0.1, -0.05) is 11.6 Å². The molecule has 0 aliphatic carbocycles. The van der Waals surface area contributed by atoms with Crippen LogP contribution in [0.25, 0.3) is 11.4 Å². The van der Waals surface area contributed by atoms with Crippen LogP contribution in [0, 0.1) is 0 Å². The topological polar surface area (TPSA) is 73.1 Å². The highest BCUT2D eigenvalue weighted by molar-refractivity contribution is 9.10. The van der Waals surface area contributed by atoms with Gasteiger partial charge in [0, 0.05) is 22.0 Å². The minimum Gasteiger partial charge on any atom is -0.376 e. The van der Waals surface area contributed by atoms with Crippen molar-refractivity contribution in [1.82, 2.24) is 9.97 Å². The van der Waals surface area contributed by atoms with E-state index in [0.29, 0.717) is 29.9 Å². The highest BCUT2D eigenvalue weighted by atomic mass is 79.9. The molecule has 2 aromatic rings. The number of hydrogen-bond donors (Lipinski definition) is 2. The summed E-state index contributed by atoms with van der Waals surface area (Å²) in [4.78, 5) is 9.07. The molecule has 1 aromatic carbocycles. The zero-order chi connectivity index (χ0) is 14.1. The molecule has 0 atom stereocenters. The molecule has 2 heterocycles. The number of nitrogens with two attached hydrogens (primary N) is 1. The second-order valence-electron chi connectivity index (χ2n) is 4.40. The summed E-state index contributed by atoms with van der Waals surface area (Å²) in [6.07, 6.45) is 0.758. The number of halogens is 2. The lowest BCUT2D eigenvalue weighted by molar-refractivity contribution is 0.109. The standard InChI is InChI=1S/C13H12BrClN4O/c14-9-5-7(1-2-10(9)15)12-17-11-3-4-20-6-8(11)13(18-12)19-16/h1-2,5H,3-4,6,16H2,(H,17,18,19). The molecule has 0 fully saturated rings. The van der Waals surface area contributed by atoms with Crippen LogP contribution in [0.15, 0.2) is 22.7 Å². The van der Waals surface area contributed by atoms with E-state index in [-0.39, 0.29) is 0 Å². The van der Waals surface area contributed by atoms with Gasteiger partial charge >= 0.3 is 0 Å². The van der Waals surface area contributed by atoms with Gasteiger partial charge in [-0.2, -0.15) is 0 Å². The van der Waals surface area contributed by atoms with E-state index in [1.54, 1.807) is 0 Å². The molecule has 1 aliphatic heterocycles. The molecule has 0 amide bonds. The van der Waals surface area contributed by atoms with E-state index in [4.69, 9.17) is 22.2 Å². The van der Waals surface area contributed by atoms with Crippen LogP contribution in [0.4, 0.5) is 5.82 Å². The molecule has 20 heavy (non-hydrogen) atoms. The predicted molar refractivity (Wildman–Crippen MR) is 81.3 cm³/mol. The Labute approximate surface area is 129 Å². The minimum absolute atomic E-state index is 0.486. The van der Waals surface area contributed by atoms with Gasteiger partial charge in [-0.05, 0) is 34.1 Å². The summed E-state index contributed by atoms with van der Waals surface area (Å²) in [6.45, 7) is 1.15. The predicted octanol–water partition coefficient (Wildman–Crippen LogP) is 2.92. The molecule has 0 unspecified atom stereocenters. The van der Waals surface area contributed by atoms with Crippen LogP contribution < -0.4 is 11.3 Å². The number of fused-ring (bicyclic) bond motifs is 1. The van der Waals surface area contributed by atoms with E-state index < -0.39 is 0 Å². The Morgan fingerprint density at radius 1 is 1.35 bits per heavy atom. The maximum atomic E-state index is 6.01. The molecule has 1 aromatic heterocycles. The van der Waals surface area contributed by atoms with E-state index in [1.165, 1.54) is 0 Å². The van der Waals surface area contributed by atoms with Crippen LogP contribution in [0.2, 0.25) is 5.02 Å². The van der Waals surface area contributed by atoms with Crippen LogP contribution in [-0.4, -0.2) is 16.6 Å². The number of nitrogen functional groups attached to an aromatic ring is 1. The highest BCUT2D eigenvalue weighted by Gasteiger charge is 2.18. The van der Waals surface area contributed by atoms with Gasteiger partial charge in [0.25, 0.3) is 0 Å². The van der Waals surface area contributed by atoms with Crippen LogP contribution in [0.3, 0.4) is 0 Å². The van der Waals surface area contributed by atoms with Crippen molar-refractivity contribution < 1.29 is 4.74 Å². The lowest BCUT2D eigenvalue weighted by Crippen LogP contribution is -2.19. The normalized spacial score (nSPS) is 13.9. The smallest absolute Gasteiger partial charge is 0.161 e. The largest absolute Gasteiger partial charge is 0.376 e. The lowest BCUT2D eigenvalue weighted by Gasteiger charge is -2.19. The highest BCUT2D eigenvalue weighted by Crippen LogP contribution is 2.30. The Balaban J connectivity index is 2.11. The summed E-state index contributed by atoms with van der Waals surface area (Å²) < 4.78 is 6.23. The van der Waals surface area contributed by atoms with Crippen LogP contribution in [-0.2, 0) is 17.8 Å². The summed E-state index contributed by atoms with van der Waals surface area (Å²) in [5, 5.41) is 0.650. The summed E-state index contributed by atoms with van der Waals surface area (Å²) in [5.74, 6) is 6.78. The molecular formula is C13H12BrClN4O. The van der Waals surface area contributed by atoms with Crippen LogP contribution in [0.1, 0.15) is 11.3 Å². The summed E-state index contributed by atoms with van der Waals surface area (Å²) in [6, 6.07) is 5.58. The quantitative estimate of drug-likeness (QED) is 0.640. The number of ether oxygens (including phenoxy) is 1. The average Bonchev–Trinajstić information content (AvgIpc) is 2.49. The molecule has 104 valence electrons. The number of hydrogen-bond acceptors (Lipinski definition) is 5. The van der Waals surface area contributed by atoms with E-state index in [9.17, 15) is 0 Å². The van der Waals surface area contributed by atoms with E-state index in [1.807, 2.05) is 18.2 Å². The number of aromatic nitrogens is 2. The zero-order valence-electron chi connectivity index (χ0n) is 10.5. The Kier molecular flexibility index (Phi) is 3.89. The van der Waals surface area contributed by atoms with Gasteiger partial charge in [-0.25, -0.2) is 15.8 Å². The SMILES string of the molecule is NNc1nc(-c2ccc(Cl)c(Br)c2)nc2c1COCC2. The van der Waals surface area contributed by atoms with Crippen molar-refractivity contribution in [3.63, 3.8) is 0 Å². The monoisotopic (exact) mass is 354 g/mol. The Morgan fingerprint density at radius 3 is 2.95 bits per heavy atom. The maximum absolute atomic E-state index is 6.01. The molecule has 7 heteroatoms. The maximum Gasteiger partial charge on any atom is 0.161 e. The molecule has 0 saturated heterocycles. The second kappa shape index (κ2) is 5.65. The number of nitrogens with zero attached hydrogens (tertiary/aromatic N) is 2. The molecule has 3 rings (SSSR count). The number of rotatable bonds is 2. The molecule has 1 aliphatic rings. The fraction of sp³-hybridized carbons (Fsp3) is 0.231. The second-order valence-corrected chi connectivity index (χ2v) is 5.66. The zero-order valence-corrected chi connectivity index (χ0v) is 12.8. The van der Waals surface area contributed by atoms with Gasteiger partial charge in [0.15, 0.2) is 5.82 Å². The molecule has 0 bridgehead atoms. The van der Waals surface area contributed by atoms with Gasteiger partial charge in [-0.15, -0.1) is 0 Å². The third-order valence-corrected chi connectivity index (χ3v) is 4.35. The van der Waals surface area contributed by atoms with Crippen molar-refractivity contribution in [3.8, 4) is 11.4 Å². The number of hydrazine groups is 1. The molecular weight excluding hydrogens is 344 g/mol. The summed E-state index contributed by atoms with van der Waals surface area (Å²) in [7, 11) is 0. The van der Waals surface area contributed by atoms with Crippen molar-refractivity contribution in [1.29, 1.82) is 0 Å². The molecule has 0 saturated carbocycles. The number of anilines is 1. The average molecular weight is 356 g/mol. The first-order valence-electron chi connectivity index (χ1n) is 6.08. The van der Waals surface area contributed by atoms with Gasteiger partial charge in [-0.3, -0.25) is 0 Å². The van der Waals surface area contributed by atoms with E-state index in [0.717, 1.165) is 27.7 Å². The van der Waals surface area contributed by atoms with Gasteiger partial charge in [0.05, 0.1) is 23.9 Å². The Morgan fingerprint density at radius 2 is 2.20 bits per heavy atom. The van der Waals surface area contributed by atoms with E-state index in [2.05, 4.69) is 31.3 Å². The number of benzene rings is 1. The molecule has 0 spiro atoms. The molecule has 5 nitrogen and oxygen atoms in total.